The topological polar surface area (TPSA) is 78.9 Å². The summed E-state index contributed by atoms with van der Waals surface area (Å²) in [7, 11) is 7.39. The average Bonchev–Trinajstić information content (AvgIpc) is 3.44. The van der Waals surface area contributed by atoms with E-state index in [1.54, 1.807) is 0 Å². The van der Waals surface area contributed by atoms with Crippen LogP contribution in [0.3, 0.4) is 0 Å². The van der Waals surface area contributed by atoms with Crippen LogP contribution in [0, 0.1) is 34.5 Å². The summed E-state index contributed by atoms with van der Waals surface area (Å²) in [6.45, 7) is 4.45. The number of aliphatic hydroxyl groups excluding tert-OH is 1. The number of nitrogens with zero attached hydrogens (tertiary/aromatic N) is 1. The van der Waals surface area contributed by atoms with Gasteiger partial charge in [-0.1, -0.05) is 6.92 Å². The van der Waals surface area contributed by atoms with E-state index in [1.165, 1.54) is 0 Å². The molecule has 1 N–H and O–H groups in total. The van der Waals surface area contributed by atoms with E-state index in [0.717, 1.165) is 38.8 Å². The van der Waals surface area contributed by atoms with Gasteiger partial charge in [-0.05, 0) is 31.7 Å². The van der Waals surface area contributed by atoms with Crippen LogP contribution < -0.4 is 0 Å². The zero-order valence-electron chi connectivity index (χ0n) is 21.2. The molecule has 13 unspecified atom stereocenters. The number of ether oxygens (including phenoxy) is 6. The Labute approximate surface area is 202 Å². The molecule has 2 saturated heterocycles. The second kappa shape index (κ2) is 7.16. The highest BCUT2D eigenvalue weighted by Crippen LogP contribution is 2.82. The zero-order valence-corrected chi connectivity index (χ0v) is 21.2. The first-order chi connectivity index (χ1) is 16.5. The van der Waals surface area contributed by atoms with Crippen molar-refractivity contribution in [2.45, 2.75) is 74.3 Å². The molecule has 2 aliphatic heterocycles. The maximum Gasteiger partial charge on any atom is 0.148 e. The predicted molar refractivity (Wildman–Crippen MR) is 121 cm³/mol. The standard InChI is InChI=1S/C26H41NO7/c1-6-27-11-23(12-28)8-7-17(30-3)25-15-9-14-16(29-2)10-24(18(15)19(14)31-4)26(22(25)27,34-13-33-24)21(32-5)20(23)25/h14-22,28H,6-13H2,1-5H3. The van der Waals surface area contributed by atoms with Gasteiger partial charge in [-0.2, -0.15) is 0 Å². The molecule has 8 heteroatoms. The van der Waals surface area contributed by atoms with Crippen LogP contribution in [-0.2, 0) is 28.4 Å². The summed E-state index contributed by atoms with van der Waals surface area (Å²) in [5, 5.41) is 11.1. The SMILES string of the molecule is CCN1CC2(CO)CCC(OC)C34C5CC6C(OC)CC7(OCOC7(C(OC)C23)C14)C5C6OC. The molecule has 0 aromatic carbocycles. The molecule has 7 rings (SSSR count). The lowest BCUT2D eigenvalue weighted by molar-refractivity contribution is -0.286. The number of aliphatic hydroxyl groups is 1. The van der Waals surface area contributed by atoms with Gasteiger partial charge in [-0.15, -0.1) is 0 Å². The first kappa shape index (κ1) is 22.8. The Kier molecular flexibility index (Phi) is 4.81. The van der Waals surface area contributed by atoms with Gasteiger partial charge in [0.15, 0.2) is 0 Å². The van der Waals surface area contributed by atoms with Crippen LogP contribution in [0.5, 0.6) is 0 Å². The smallest absolute Gasteiger partial charge is 0.148 e. The van der Waals surface area contributed by atoms with Crippen LogP contribution in [0.15, 0.2) is 0 Å². The molecule has 2 heterocycles. The molecule has 192 valence electrons. The van der Waals surface area contributed by atoms with E-state index >= 15 is 0 Å². The number of likely N-dealkylation sites (N-methyl/N-ethyl adjacent to an activating group) is 1. The average molecular weight is 480 g/mol. The molecule has 7 bridgehead atoms. The molecule has 0 aromatic heterocycles. The third kappa shape index (κ3) is 2.01. The Bertz CT molecular complexity index is 859. The van der Waals surface area contributed by atoms with Crippen LogP contribution in [0.4, 0.5) is 0 Å². The van der Waals surface area contributed by atoms with E-state index < -0.39 is 11.2 Å². The monoisotopic (exact) mass is 479 g/mol. The van der Waals surface area contributed by atoms with E-state index in [9.17, 15) is 5.11 Å². The van der Waals surface area contributed by atoms with Crippen molar-refractivity contribution in [1.29, 1.82) is 0 Å². The fraction of sp³-hybridized carbons (Fsp3) is 1.00. The first-order valence-corrected chi connectivity index (χ1v) is 13.2. The molecular formula is C26H41NO7. The van der Waals surface area contributed by atoms with Gasteiger partial charge in [0.25, 0.3) is 0 Å². The number of fused-ring (bicyclic) bond motifs is 1. The maximum atomic E-state index is 11.1. The second-order valence-corrected chi connectivity index (χ2v) is 12.2. The third-order valence-corrected chi connectivity index (χ3v) is 12.2. The van der Waals surface area contributed by atoms with Crippen molar-refractivity contribution in [2.24, 2.45) is 34.5 Å². The molecule has 7 fully saturated rings. The van der Waals surface area contributed by atoms with Crippen molar-refractivity contribution >= 4 is 0 Å². The lowest BCUT2D eigenvalue weighted by atomic mass is 9.42. The van der Waals surface area contributed by atoms with Crippen LogP contribution in [-0.4, -0.2) is 107 Å². The highest BCUT2D eigenvalue weighted by atomic mass is 16.7. The molecule has 5 saturated carbocycles. The fourth-order valence-electron chi connectivity index (χ4n) is 11.7. The predicted octanol–water partition coefficient (Wildman–Crippen LogP) is 1.29. The van der Waals surface area contributed by atoms with Crippen LogP contribution >= 0.6 is 0 Å². The summed E-state index contributed by atoms with van der Waals surface area (Å²) >= 11 is 0. The summed E-state index contributed by atoms with van der Waals surface area (Å²) in [6.07, 6.45) is 3.74. The van der Waals surface area contributed by atoms with Gasteiger partial charge in [0.05, 0.1) is 37.1 Å². The maximum absolute atomic E-state index is 11.1. The van der Waals surface area contributed by atoms with Gasteiger partial charge in [0.2, 0.25) is 0 Å². The zero-order chi connectivity index (χ0) is 23.7. The van der Waals surface area contributed by atoms with Crippen molar-refractivity contribution in [3.05, 3.63) is 0 Å². The summed E-state index contributed by atoms with van der Waals surface area (Å²) in [6, 6.07) is 0.112. The lowest BCUT2D eigenvalue weighted by Crippen LogP contribution is -2.81. The number of hydrogen-bond acceptors (Lipinski definition) is 8. The number of likely N-dealkylation sites (tertiary alicyclic amines) is 1. The number of methoxy groups -OCH3 is 4. The van der Waals surface area contributed by atoms with Crippen LogP contribution in [0.25, 0.3) is 0 Å². The normalized spacial score (nSPS) is 61.1. The lowest BCUT2D eigenvalue weighted by Gasteiger charge is -2.70. The Hall–Kier alpha value is -0.320. The first-order valence-electron chi connectivity index (χ1n) is 13.2. The minimum atomic E-state index is -0.648. The highest BCUT2D eigenvalue weighted by molar-refractivity contribution is 5.43. The summed E-state index contributed by atoms with van der Waals surface area (Å²) < 4.78 is 39.3. The van der Waals surface area contributed by atoms with E-state index in [2.05, 4.69) is 11.8 Å². The number of piperidine rings is 1. The van der Waals surface area contributed by atoms with E-state index in [-0.39, 0.29) is 66.5 Å². The van der Waals surface area contributed by atoms with E-state index in [4.69, 9.17) is 28.4 Å². The molecule has 5 aliphatic carbocycles. The Morgan fingerprint density at radius 3 is 2.53 bits per heavy atom. The summed E-state index contributed by atoms with van der Waals surface area (Å²) in [5.41, 5.74) is -1.62. The van der Waals surface area contributed by atoms with Gasteiger partial charge < -0.3 is 33.5 Å². The van der Waals surface area contributed by atoms with Gasteiger partial charge in [0.1, 0.15) is 18.0 Å². The van der Waals surface area contributed by atoms with Crippen molar-refractivity contribution in [2.75, 3.05) is 54.9 Å². The highest BCUT2D eigenvalue weighted by Gasteiger charge is 2.93. The molecular weight excluding hydrogens is 438 g/mol. The Morgan fingerprint density at radius 1 is 1.06 bits per heavy atom. The molecule has 34 heavy (non-hydrogen) atoms. The molecule has 0 radical (unpaired) electrons. The molecule has 7 aliphatic rings. The molecule has 0 aromatic rings. The van der Waals surface area contributed by atoms with Crippen molar-refractivity contribution in [1.82, 2.24) is 4.90 Å². The van der Waals surface area contributed by atoms with Crippen molar-refractivity contribution in [3.8, 4) is 0 Å². The van der Waals surface area contributed by atoms with E-state index in [1.807, 2.05) is 28.4 Å². The van der Waals surface area contributed by atoms with Crippen molar-refractivity contribution in [3.63, 3.8) is 0 Å². The number of rotatable bonds is 6. The summed E-state index contributed by atoms with van der Waals surface area (Å²) in [4.78, 5) is 2.61. The fourth-order valence-corrected chi connectivity index (χ4v) is 11.7. The van der Waals surface area contributed by atoms with Crippen LogP contribution in [0.2, 0.25) is 0 Å². The van der Waals surface area contributed by atoms with Gasteiger partial charge >= 0.3 is 0 Å². The number of hydrogen-bond donors (Lipinski definition) is 1. The largest absolute Gasteiger partial charge is 0.396 e. The Morgan fingerprint density at radius 2 is 1.88 bits per heavy atom. The van der Waals surface area contributed by atoms with E-state index in [0.29, 0.717) is 11.8 Å². The Balaban J connectivity index is 1.57. The molecule has 8 nitrogen and oxygen atoms in total. The van der Waals surface area contributed by atoms with Crippen molar-refractivity contribution < 1.29 is 33.5 Å². The van der Waals surface area contributed by atoms with Crippen LogP contribution in [0.1, 0.15) is 32.6 Å². The molecule has 0 amide bonds. The van der Waals surface area contributed by atoms with Gasteiger partial charge in [-0.25, -0.2) is 0 Å². The van der Waals surface area contributed by atoms with Gasteiger partial charge in [0, 0.05) is 70.0 Å². The molecule has 13 atom stereocenters. The molecule has 3 spiro atoms. The third-order valence-electron chi connectivity index (χ3n) is 12.2. The quantitative estimate of drug-likeness (QED) is 0.611. The minimum absolute atomic E-state index is 0.0521. The second-order valence-electron chi connectivity index (χ2n) is 12.2. The minimum Gasteiger partial charge on any atom is -0.396 e. The van der Waals surface area contributed by atoms with Gasteiger partial charge in [-0.3, -0.25) is 4.90 Å². The summed E-state index contributed by atoms with van der Waals surface area (Å²) in [5.74, 6) is 0.996.